The van der Waals surface area contributed by atoms with Gasteiger partial charge in [0.15, 0.2) is 0 Å². The molecule has 0 saturated heterocycles. The summed E-state index contributed by atoms with van der Waals surface area (Å²) in [5, 5.41) is 3.21. The summed E-state index contributed by atoms with van der Waals surface area (Å²) >= 11 is 11.6. The van der Waals surface area contributed by atoms with E-state index in [1.54, 1.807) is 11.3 Å². The molecule has 3 heteroatoms. The molecular formula is C14H12BrClS. The van der Waals surface area contributed by atoms with Gasteiger partial charge in [-0.2, -0.15) is 0 Å². The van der Waals surface area contributed by atoms with E-state index < -0.39 is 0 Å². The van der Waals surface area contributed by atoms with E-state index >= 15 is 0 Å². The van der Waals surface area contributed by atoms with Crippen LogP contribution in [0.5, 0.6) is 0 Å². The van der Waals surface area contributed by atoms with Crippen LogP contribution in [0.1, 0.15) is 13.8 Å². The Labute approximate surface area is 118 Å². The maximum absolute atomic E-state index is 6.24. The number of rotatable bonds is 0. The molecule has 0 aliphatic heterocycles. The molecule has 88 valence electrons. The van der Waals surface area contributed by atoms with Gasteiger partial charge in [0, 0.05) is 29.7 Å². The van der Waals surface area contributed by atoms with Gasteiger partial charge in [-0.3, -0.25) is 0 Å². The molecule has 0 bridgehead atoms. The topological polar surface area (TPSA) is 0 Å². The summed E-state index contributed by atoms with van der Waals surface area (Å²) in [7, 11) is 0. The lowest BCUT2D eigenvalue weighted by Gasteiger charge is -1.96. The molecule has 3 aromatic rings. The summed E-state index contributed by atoms with van der Waals surface area (Å²) in [5.41, 5.74) is 0. The molecule has 0 atom stereocenters. The summed E-state index contributed by atoms with van der Waals surface area (Å²) in [5.74, 6) is 0. The van der Waals surface area contributed by atoms with Crippen LogP contribution in [0.4, 0.5) is 0 Å². The smallest absolute Gasteiger partial charge is 0.0499 e. The van der Waals surface area contributed by atoms with Crippen molar-refractivity contribution >= 4 is 59.0 Å². The highest BCUT2D eigenvalue weighted by Gasteiger charge is 2.09. The van der Waals surface area contributed by atoms with Gasteiger partial charge in [0.1, 0.15) is 0 Å². The van der Waals surface area contributed by atoms with Crippen LogP contribution in [-0.4, -0.2) is 0 Å². The van der Waals surface area contributed by atoms with Crippen molar-refractivity contribution in [3.63, 3.8) is 0 Å². The first-order valence-electron chi connectivity index (χ1n) is 5.52. The predicted molar refractivity (Wildman–Crippen MR) is 83.4 cm³/mol. The molecule has 0 N–H and O–H groups in total. The second kappa shape index (κ2) is 5.38. The third-order valence-electron chi connectivity index (χ3n) is 2.42. The van der Waals surface area contributed by atoms with Crippen LogP contribution >= 0.6 is 38.9 Å². The first-order chi connectivity index (χ1) is 8.27. The standard InChI is InChI=1S/C12H6BrClS.C2H6/c13-7-3-1-5-9-11(7)12-8(14)4-2-6-10(12)15-9;1-2/h1-6H;1-2H3. The van der Waals surface area contributed by atoms with Gasteiger partial charge in [0.05, 0.1) is 0 Å². The highest BCUT2D eigenvalue weighted by Crippen LogP contribution is 2.41. The number of benzene rings is 2. The summed E-state index contributed by atoms with van der Waals surface area (Å²) in [6.45, 7) is 4.00. The van der Waals surface area contributed by atoms with Crippen LogP contribution in [0.3, 0.4) is 0 Å². The molecule has 17 heavy (non-hydrogen) atoms. The van der Waals surface area contributed by atoms with Crippen molar-refractivity contribution < 1.29 is 0 Å². The third kappa shape index (κ3) is 2.22. The fourth-order valence-corrected chi connectivity index (χ4v) is 3.96. The molecule has 0 saturated carbocycles. The van der Waals surface area contributed by atoms with Gasteiger partial charge in [-0.1, -0.05) is 53.5 Å². The number of halogens is 2. The van der Waals surface area contributed by atoms with E-state index in [9.17, 15) is 0 Å². The summed E-state index contributed by atoms with van der Waals surface area (Å²) < 4.78 is 3.62. The second-order valence-corrected chi connectivity index (χ2v) is 5.67. The molecule has 2 aromatic carbocycles. The van der Waals surface area contributed by atoms with Gasteiger partial charge in [-0.05, 0) is 24.3 Å². The van der Waals surface area contributed by atoms with E-state index in [0.717, 1.165) is 14.9 Å². The van der Waals surface area contributed by atoms with Crippen LogP contribution in [0, 0.1) is 0 Å². The minimum absolute atomic E-state index is 0.825. The summed E-state index contributed by atoms with van der Waals surface area (Å²) in [4.78, 5) is 0. The summed E-state index contributed by atoms with van der Waals surface area (Å²) in [6, 6.07) is 12.3. The summed E-state index contributed by atoms with van der Waals surface area (Å²) in [6.07, 6.45) is 0. The maximum Gasteiger partial charge on any atom is 0.0499 e. The van der Waals surface area contributed by atoms with Crippen LogP contribution < -0.4 is 0 Å². The largest absolute Gasteiger partial charge is 0.135 e. The molecule has 3 rings (SSSR count). The number of hydrogen-bond acceptors (Lipinski definition) is 1. The minimum atomic E-state index is 0.825. The van der Waals surface area contributed by atoms with Crippen LogP contribution in [0.2, 0.25) is 5.02 Å². The second-order valence-electron chi connectivity index (χ2n) is 3.33. The Balaban J connectivity index is 0.000000514. The minimum Gasteiger partial charge on any atom is -0.135 e. The van der Waals surface area contributed by atoms with Gasteiger partial charge < -0.3 is 0 Å². The Morgan fingerprint density at radius 1 is 0.941 bits per heavy atom. The van der Waals surface area contributed by atoms with Crippen molar-refractivity contribution in [2.45, 2.75) is 13.8 Å². The zero-order chi connectivity index (χ0) is 12.4. The zero-order valence-electron chi connectivity index (χ0n) is 9.63. The van der Waals surface area contributed by atoms with Crippen LogP contribution in [0.25, 0.3) is 20.2 Å². The van der Waals surface area contributed by atoms with Crippen molar-refractivity contribution in [2.75, 3.05) is 0 Å². The van der Waals surface area contributed by atoms with Gasteiger partial charge >= 0.3 is 0 Å². The molecule has 0 aliphatic rings. The highest BCUT2D eigenvalue weighted by atomic mass is 79.9. The van der Waals surface area contributed by atoms with Crippen LogP contribution in [-0.2, 0) is 0 Å². The molecule has 1 aromatic heterocycles. The molecule has 0 nitrogen and oxygen atoms in total. The Bertz CT molecular complexity index is 601. The van der Waals surface area contributed by atoms with Crippen LogP contribution in [0.15, 0.2) is 40.9 Å². The number of fused-ring (bicyclic) bond motifs is 3. The molecule has 0 spiro atoms. The van der Waals surface area contributed by atoms with E-state index in [2.05, 4.69) is 40.2 Å². The van der Waals surface area contributed by atoms with Crippen molar-refractivity contribution in [3.05, 3.63) is 45.9 Å². The predicted octanol–water partition coefficient (Wildman–Crippen LogP) is 6.50. The maximum atomic E-state index is 6.24. The van der Waals surface area contributed by atoms with Crippen molar-refractivity contribution in [1.82, 2.24) is 0 Å². The Kier molecular flexibility index (Phi) is 4.08. The normalized spacial score (nSPS) is 10.4. The average molecular weight is 328 g/mol. The average Bonchev–Trinajstić information content (AvgIpc) is 2.73. The lowest BCUT2D eigenvalue weighted by molar-refractivity contribution is 1.50. The Morgan fingerprint density at radius 3 is 2.24 bits per heavy atom. The van der Waals surface area contributed by atoms with Gasteiger partial charge in [0.2, 0.25) is 0 Å². The molecule has 0 amide bonds. The Hall–Kier alpha value is -0.570. The van der Waals surface area contributed by atoms with Gasteiger partial charge in [-0.15, -0.1) is 11.3 Å². The Morgan fingerprint density at radius 2 is 1.53 bits per heavy atom. The first-order valence-corrected chi connectivity index (χ1v) is 7.51. The number of thiophene rings is 1. The zero-order valence-corrected chi connectivity index (χ0v) is 12.8. The SMILES string of the molecule is CC.Clc1cccc2sc3cccc(Br)c3c12. The molecule has 1 heterocycles. The fourth-order valence-electron chi connectivity index (χ4n) is 1.78. The molecule has 0 radical (unpaired) electrons. The molecule has 0 unspecified atom stereocenters. The van der Waals surface area contributed by atoms with E-state index in [1.807, 2.05) is 26.0 Å². The van der Waals surface area contributed by atoms with Gasteiger partial charge in [-0.25, -0.2) is 0 Å². The fraction of sp³-hybridized carbons (Fsp3) is 0.143. The van der Waals surface area contributed by atoms with E-state index in [1.165, 1.54) is 14.8 Å². The van der Waals surface area contributed by atoms with E-state index in [0.29, 0.717) is 0 Å². The lowest BCUT2D eigenvalue weighted by atomic mass is 10.1. The molecule has 0 aliphatic carbocycles. The quantitative estimate of drug-likeness (QED) is 0.442. The van der Waals surface area contributed by atoms with Crippen molar-refractivity contribution in [3.8, 4) is 0 Å². The van der Waals surface area contributed by atoms with Crippen molar-refractivity contribution in [1.29, 1.82) is 0 Å². The number of hydrogen-bond donors (Lipinski definition) is 0. The van der Waals surface area contributed by atoms with Gasteiger partial charge in [0.25, 0.3) is 0 Å². The first kappa shape index (κ1) is 12.9. The van der Waals surface area contributed by atoms with E-state index in [4.69, 9.17) is 11.6 Å². The monoisotopic (exact) mass is 326 g/mol. The van der Waals surface area contributed by atoms with E-state index in [-0.39, 0.29) is 0 Å². The highest BCUT2D eigenvalue weighted by molar-refractivity contribution is 9.10. The molecular weight excluding hydrogens is 316 g/mol. The lowest BCUT2D eigenvalue weighted by Crippen LogP contribution is -1.70. The van der Waals surface area contributed by atoms with Crippen molar-refractivity contribution in [2.24, 2.45) is 0 Å². The third-order valence-corrected chi connectivity index (χ3v) is 4.52. The molecule has 0 fully saturated rings.